The van der Waals surface area contributed by atoms with Crippen molar-refractivity contribution in [2.45, 2.75) is 58.7 Å². The Kier molecular flexibility index (Phi) is 3.57. The third kappa shape index (κ3) is 2.91. The van der Waals surface area contributed by atoms with Crippen molar-refractivity contribution in [3.63, 3.8) is 0 Å². The Labute approximate surface area is 115 Å². The number of ether oxygens (including phenoxy) is 1. The van der Waals surface area contributed by atoms with Gasteiger partial charge in [0.25, 0.3) is 0 Å². The molecule has 1 heterocycles. The molecule has 104 valence electrons. The minimum atomic E-state index is -0.437. The summed E-state index contributed by atoms with van der Waals surface area (Å²) < 4.78 is 5.49. The molecular formula is C16H23NO2. The van der Waals surface area contributed by atoms with Gasteiger partial charge in [-0.2, -0.15) is 0 Å². The van der Waals surface area contributed by atoms with Crippen LogP contribution in [0.2, 0.25) is 0 Å². The highest BCUT2D eigenvalue weighted by atomic mass is 16.6. The standard InChI is InChI=1S/C16H23NO2/c1-11-10-13-8-6-7-9-14(13)17(11)12(2)15(18)19-16(3,4)5/h6-9,11-12H,10H2,1-5H3. The number of rotatable bonds is 2. The average molecular weight is 261 g/mol. The molecular weight excluding hydrogens is 238 g/mol. The Bertz CT molecular complexity index is 476. The molecule has 2 rings (SSSR count). The number of esters is 1. The van der Waals surface area contributed by atoms with E-state index in [9.17, 15) is 4.79 Å². The van der Waals surface area contributed by atoms with Gasteiger partial charge in [-0.15, -0.1) is 0 Å². The molecule has 0 saturated carbocycles. The largest absolute Gasteiger partial charge is 0.458 e. The van der Waals surface area contributed by atoms with Crippen LogP contribution < -0.4 is 4.90 Å². The zero-order chi connectivity index (χ0) is 14.2. The van der Waals surface area contributed by atoms with E-state index in [4.69, 9.17) is 4.74 Å². The summed E-state index contributed by atoms with van der Waals surface area (Å²) in [5.41, 5.74) is 2.03. The van der Waals surface area contributed by atoms with Crippen LogP contribution in [-0.4, -0.2) is 23.7 Å². The number of anilines is 1. The lowest BCUT2D eigenvalue weighted by Gasteiger charge is -2.32. The van der Waals surface area contributed by atoms with Crippen LogP contribution in [-0.2, 0) is 16.0 Å². The Balaban J connectivity index is 2.20. The predicted molar refractivity (Wildman–Crippen MR) is 77.4 cm³/mol. The summed E-state index contributed by atoms with van der Waals surface area (Å²) in [5, 5.41) is 0. The van der Waals surface area contributed by atoms with Gasteiger partial charge in [-0.05, 0) is 52.7 Å². The van der Waals surface area contributed by atoms with Crippen molar-refractivity contribution in [2.24, 2.45) is 0 Å². The molecule has 1 aliphatic heterocycles. The van der Waals surface area contributed by atoms with Gasteiger partial charge in [0.15, 0.2) is 0 Å². The first-order chi connectivity index (χ1) is 8.79. The van der Waals surface area contributed by atoms with Gasteiger partial charge in [0.2, 0.25) is 0 Å². The molecule has 0 saturated heterocycles. The normalized spacial score (nSPS) is 20.1. The van der Waals surface area contributed by atoms with Crippen molar-refractivity contribution < 1.29 is 9.53 Å². The third-order valence-electron chi connectivity index (χ3n) is 3.43. The van der Waals surface area contributed by atoms with E-state index in [1.165, 1.54) is 5.56 Å². The lowest BCUT2D eigenvalue weighted by molar-refractivity contribution is -0.156. The summed E-state index contributed by atoms with van der Waals surface area (Å²) in [6, 6.07) is 8.37. The highest BCUT2D eigenvalue weighted by Crippen LogP contribution is 2.33. The zero-order valence-corrected chi connectivity index (χ0v) is 12.4. The van der Waals surface area contributed by atoms with Gasteiger partial charge in [0, 0.05) is 11.7 Å². The van der Waals surface area contributed by atoms with Gasteiger partial charge >= 0.3 is 5.97 Å². The molecule has 0 N–H and O–H groups in total. The number of para-hydroxylation sites is 1. The van der Waals surface area contributed by atoms with Gasteiger partial charge in [0.1, 0.15) is 11.6 Å². The first kappa shape index (κ1) is 13.9. The van der Waals surface area contributed by atoms with Crippen LogP contribution in [0.1, 0.15) is 40.2 Å². The minimum Gasteiger partial charge on any atom is -0.458 e. The van der Waals surface area contributed by atoms with Crippen molar-refractivity contribution in [3.8, 4) is 0 Å². The van der Waals surface area contributed by atoms with Crippen molar-refractivity contribution in [1.82, 2.24) is 0 Å². The quantitative estimate of drug-likeness (QED) is 0.766. The van der Waals surface area contributed by atoms with Crippen molar-refractivity contribution in [1.29, 1.82) is 0 Å². The number of fused-ring (bicyclic) bond motifs is 1. The summed E-state index contributed by atoms with van der Waals surface area (Å²) in [4.78, 5) is 14.4. The fourth-order valence-electron chi connectivity index (χ4n) is 2.68. The lowest BCUT2D eigenvalue weighted by atomic mass is 10.1. The first-order valence-corrected chi connectivity index (χ1v) is 6.88. The smallest absolute Gasteiger partial charge is 0.329 e. The fraction of sp³-hybridized carbons (Fsp3) is 0.562. The van der Waals surface area contributed by atoms with Gasteiger partial charge < -0.3 is 9.64 Å². The second-order valence-corrected chi connectivity index (χ2v) is 6.30. The summed E-state index contributed by atoms with van der Waals surface area (Å²) >= 11 is 0. The van der Waals surface area contributed by atoms with Crippen LogP contribution in [0.3, 0.4) is 0 Å². The molecule has 0 aromatic heterocycles. The maximum absolute atomic E-state index is 12.2. The average Bonchev–Trinajstić information content (AvgIpc) is 2.61. The van der Waals surface area contributed by atoms with Crippen LogP contribution >= 0.6 is 0 Å². The molecule has 2 atom stereocenters. The third-order valence-corrected chi connectivity index (χ3v) is 3.43. The van der Waals surface area contributed by atoms with E-state index in [0.717, 1.165) is 12.1 Å². The second-order valence-electron chi connectivity index (χ2n) is 6.30. The van der Waals surface area contributed by atoms with E-state index in [0.29, 0.717) is 6.04 Å². The van der Waals surface area contributed by atoms with Crippen LogP contribution in [0.25, 0.3) is 0 Å². The molecule has 0 amide bonds. The Morgan fingerprint density at radius 3 is 2.63 bits per heavy atom. The number of nitrogens with zero attached hydrogens (tertiary/aromatic N) is 1. The first-order valence-electron chi connectivity index (χ1n) is 6.88. The molecule has 19 heavy (non-hydrogen) atoms. The van der Waals surface area contributed by atoms with Crippen LogP contribution in [0.4, 0.5) is 5.69 Å². The number of benzene rings is 1. The van der Waals surface area contributed by atoms with Crippen LogP contribution in [0.15, 0.2) is 24.3 Å². The Hall–Kier alpha value is -1.51. The minimum absolute atomic E-state index is 0.156. The van der Waals surface area contributed by atoms with Crippen molar-refractivity contribution >= 4 is 11.7 Å². The van der Waals surface area contributed by atoms with E-state index >= 15 is 0 Å². The molecule has 1 aromatic carbocycles. The Morgan fingerprint density at radius 1 is 1.37 bits per heavy atom. The highest BCUT2D eigenvalue weighted by Gasteiger charge is 2.34. The predicted octanol–water partition coefficient (Wildman–Crippen LogP) is 3.17. The lowest BCUT2D eigenvalue weighted by Crippen LogP contribution is -2.45. The van der Waals surface area contributed by atoms with E-state index in [-0.39, 0.29) is 12.0 Å². The topological polar surface area (TPSA) is 29.5 Å². The molecule has 3 heteroatoms. The zero-order valence-electron chi connectivity index (χ0n) is 12.4. The van der Waals surface area contributed by atoms with E-state index in [1.54, 1.807) is 0 Å². The maximum Gasteiger partial charge on any atom is 0.329 e. The number of carbonyl (C=O) groups is 1. The number of carbonyl (C=O) groups excluding carboxylic acids is 1. The summed E-state index contributed by atoms with van der Waals surface area (Å²) in [5.74, 6) is -0.156. The van der Waals surface area contributed by atoms with E-state index in [1.807, 2.05) is 39.8 Å². The van der Waals surface area contributed by atoms with E-state index < -0.39 is 5.60 Å². The summed E-state index contributed by atoms with van der Waals surface area (Å²) in [6.07, 6.45) is 0.989. The van der Waals surface area contributed by atoms with Crippen LogP contribution in [0.5, 0.6) is 0 Å². The Morgan fingerprint density at radius 2 is 2.00 bits per heavy atom. The molecule has 2 unspecified atom stereocenters. The second kappa shape index (κ2) is 4.87. The summed E-state index contributed by atoms with van der Waals surface area (Å²) in [6.45, 7) is 9.78. The molecule has 1 aliphatic rings. The molecule has 0 fully saturated rings. The molecule has 0 aliphatic carbocycles. The van der Waals surface area contributed by atoms with Crippen molar-refractivity contribution in [3.05, 3.63) is 29.8 Å². The molecule has 0 radical (unpaired) electrons. The van der Waals surface area contributed by atoms with Gasteiger partial charge in [-0.25, -0.2) is 4.79 Å². The molecule has 3 nitrogen and oxygen atoms in total. The SMILES string of the molecule is CC1Cc2ccccc2N1C(C)C(=O)OC(C)(C)C. The van der Waals surface area contributed by atoms with Gasteiger partial charge in [-0.3, -0.25) is 0 Å². The van der Waals surface area contributed by atoms with Gasteiger partial charge in [0.05, 0.1) is 0 Å². The fourth-order valence-corrected chi connectivity index (χ4v) is 2.68. The molecule has 1 aromatic rings. The molecule has 0 bridgehead atoms. The highest BCUT2D eigenvalue weighted by molar-refractivity contribution is 5.81. The number of hydrogen-bond donors (Lipinski definition) is 0. The van der Waals surface area contributed by atoms with Crippen molar-refractivity contribution in [2.75, 3.05) is 4.90 Å². The maximum atomic E-state index is 12.2. The summed E-state index contributed by atoms with van der Waals surface area (Å²) in [7, 11) is 0. The van der Waals surface area contributed by atoms with Crippen LogP contribution in [0, 0.1) is 0 Å². The monoisotopic (exact) mass is 261 g/mol. The van der Waals surface area contributed by atoms with E-state index in [2.05, 4.69) is 24.0 Å². The van der Waals surface area contributed by atoms with Gasteiger partial charge in [-0.1, -0.05) is 18.2 Å². The number of hydrogen-bond acceptors (Lipinski definition) is 3. The molecule has 0 spiro atoms.